The molecule has 1 saturated carbocycles. The minimum Gasteiger partial charge on any atom is -0.489 e. The molecule has 29 heavy (non-hydrogen) atoms. The van der Waals surface area contributed by atoms with Crippen LogP contribution in [0.4, 0.5) is 4.39 Å². The van der Waals surface area contributed by atoms with Gasteiger partial charge in [-0.15, -0.1) is 0 Å². The number of aromatic nitrogens is 1. The van der Waals surface area contributed by atoms with Crippen LogP contribution in [0.25, 0.3) is 0 Å². The predicted molar refractivity (Wildman–Crippen MR) is 106 cm³/mol. The molecule has 0 N–H and O–H groups in total. The molecule has 1 fully saturated rings. The van der Waals surface area contributed by atoms with Crippen molar-refractivity contribution in [3.63, 3.8) is 0 Å². The van der Waals surface area contributed by atoms with Gasteiger partial charge in [0, 0.05) is 18.2 Å². The van der Waals surface area contributed by atoms with Crippen molar-refractivity contribution in [2.75, 3.05) is 0 Å². The molecule has 1 amide bonds. The first-order valence-corrected chi connectivity index (χ1v) is 9.71. The number of hydrogen-bond donors (Lipinski definition) is 0. The standard InChI is InChI=1S/C23H23FN2O3/c1-15-22(16(2)29-25-15)14-28-21-10-6-18(7-11-21)23(27)26(20-8-9-20)13-17-4-3-5-19(24)12-17/h3-7,10-12,20H,8-9,13-14H2,1-2H3. The summed E-state index contributed by atoms with van der Waals surface area (Å²) < 4.78 is 24.5. The maximum absolute atomic E-state index is 13.5. The van der Waals surface area contributed by atoms with Crippen molar-refractivity contribution in [2.24, 2.45) is 0 Å². The third-order valence-electron chi connectivity index (χ3n) is 5.16. The summed E-state index contributed by atoms with van der Waals surface area (Å²) in [6.45, 7) is 4.50. The van der Waals surface area contributed by atoms with Crippen LogP contribution < -0.4 is 4.74 Å². The molecule has 0 spiro atoms. The molecule has 0 saturated heterocycles. The molecule has 1 aromatic heterocycles. The van der Waals surface area contributed by atoms with Crippen molar-refractivity contribution in [2.45, 2.75) is 45.9 Å². The molecule has 1 aliphatic carbocycles. The van der Waals surface area contributed by atoms with Crippen molar-refractivity contribution in [3.05, 3.63) is 82.5 Å². The van der Waals surface area contributed by atoms with E-state index in [1.807, 2.05) is 24.8 Å². The van der Waals surface area contributed by atoms with Crippen LogP contribution in [0.2, 0.25) is 0 Å². The van der Waals surface area contributed by atoms with E-state index in [9.17, 15) is 9.18 Å². The van der Waals surface area contributed by atoms with E-state index in [1.54, 1.807) is 30.3 Å². The zero-order valence-corrected chi connectivity index (χ0v) is 16.5. The van der Waals surface area contributed by atoms with Gasteiger partial charge in [0.25, 0.3) is 5.91 Å². The summed E-state index contributed by atoms with van der Waals surface area (Å²) in [6.07, 6.45) is 1.97. The van der Waals surface area contributed by atoms with Gasteiger partial charge < -0.3 is 14.2 Å². The fraction of sp³-hybridized carbons (Fsp3) is 0.304. The molecule has 0 atom stereocenters. The first-order valence-electron chi connectivity index (χ1n) is 9.71. The van der Waals surface area contributed by atoms with E-state index in [-0.39, 0.29) is 17.8 Å². The van der Waals surface area contributed by atoms with Crippen LogP contribution in [-0.2, 0) is 13.2 Å². The second-order valence-corrected chi connectivity index (χ2v) is 7.41. The number of hydrogen-bond acceptors (Lipinski definition) is 4. The molecular formula is C23H23FN2O3. The minimum atomic E-state index is -0.287. The summed E-state index contributed by atoms with van der Waals surface area (Å²) >= 11 is 0. The lowest BCUT2D eigenvalue weighted by Crippen LogP contribution is -2.32. The molecule has 5 nitrogen and oxygen atoms in total. The van der Waals surface area contributed by atoms with Gasteiger partial charge in [-0.05, 0) is 68.7 Å². The third kappa shape index (κ3) is 4.47. The summed E-state index contributed by atoms with van der Waals surface area (Å²) in [5.41, 5.74) is 3.13. The van der Waals surface area contributed by atoms with Crippen LogP contribution in [0.5, 0.6) is 5.75 Å². The lowest BCUT2D eigenvalue weighted by Gasteiger charge is -2.23. The second kappa shape index (κ2) is 8.07. The van der Waals surface area contributed by atoms with Gasteiger partial charge in [0.2, 0.25) is 0 Å². The van der Waals surface area contributed by atoms with E-state index < -0.39 is 0 Å². The Bertz CT molecular complexity index is 990. The van der Waals surface area contributed by atoms with Crippen LogP contribution in [0.1, 0.15) is 45.8 Å². The molecule has 2 aromatic carbocycles. The Morgan fingerprint density at radius 2 is 1.97 bits per heavy atom. The highest BCUT2D eigenvalue weighted by atomic mass is 19.1. The molecule has 1 heterocycles. The topological polar surface area (TPSA) is 55.6 Å². The number of carbonyl (C=O) groups is 1. The van der Waals surface area contributed by atoms with E-state index >= 15 is 0 Å². The van der Waals surface area contributed by atoms with E-state index in [0.717, 1.165) is 35.4 Å². The van der Waals surface area contributed by atoms with E-state index in [1.165, 1.54) is 12.1 Å². The Morgan fingerprint density at radius 1 is 1.21 bits per heavy atom. The zero-order valence-electron chi connectivity index (χ0n) is 16.5. The van der Waals surface area contributed by atoms with Gasteiger partial charge in [-0.25, -0.2) is 4.39 Å². The molecule has 0 bridgehead atoms. The normalized spacial score (nSPS) is 13.3. The van der Waals surface area contributed by atoms with Gasteiger partial charge in [-0.3, -0.25) is 4.79 Å². The van der Waals surface area contributed by atoms with Crippen LogP contribution in [-0.4, -0.2) is 22.0 Å². The Balaban J connectivity index is 1.43. The number of ether oxygens (including phenoxy) is 1. The van der Waals surface area contributed by atoms with Gasteiger partial charge in [-0.1, -0.05) is 17.3 Å². The Labute approximate surface area is 169 Å². The Kier molecular flexibility index (Phi) is 5.34. The van der Waals surface area contributed by atoms with E-state index in [2.05, 4.69) is 5.16 Å². The molecule has 4 rings (SSSR count). The highest BCUT2D eigenvalue weighted by molar-refractivity contribution is 5.94. The van der Waals surface area contributed by atoms with Gasteiger partial charge in [0.15, 0.2) is 0 Å². The Hall–Kier alpha value is -3.15. The number of nitrogens with zero attached hydrogens (tertiary/aromatic N) is 2. The maximum Gasteiger partial charge on any atom is 0.254 e. The predicted octanol–water partition coefficient (Wildman–Crippen LogP) is 4.81. The lowest BCUT2D eigenvalue weighted by atomic mass is 10.1. The summed E-state index contributed by atoms with van der Waals surface area (Å²) in [5.74, 6) is 1.08. The first-order chi connectivity index (χ1) is 14.0. The smallest absolute Gasteiger partial charge is 0.254 e. The van der Waals surface area contributed by atoms with Crippen LogP contribution in [0.3, 0.4) is 0 Å². The monoisotopic (exact) mass is 394 g/mol. The number of rotatable bonds is 7. The molecule has 0 radical (unpaired) electrons. The largest absolute Gasteiger partial charge is 0.489 e. The van der Waals surface area contributed by atoms with Gasteiger partial charge in [-0.2, -0.15) is 0 Å². The molecule has 3 aromatic rings. The number of halogens is 1. The van der Waals surface area contributed by atoms with Gasteiger partial charge in [0.05, 0.1) is 11.3 Å². The molecule has 1 aliphatic rings. The first kappa shape index (κ1) is 19.2. The number of carbonyl (C=O) groups excluding carboxylic acids is 1. The maximum atomic E-state index is 13.5. The number of benzene rings is 2. The number of amides is 1. The summed E-state index contributed by atoms with van der Waals surface area (Å²) in [5, 5.41) is 3.92. The van der Waals surface area contributed by atoms with Crippen LogP contribution in [0.15, 0.2) is 53.1 Å². The molecular weight excluding hydrogens is 371 g/mol. The zero-order chi connectivity index (χ0) is 20.4. The average Bonchev–Trinajstić information content (AvgIpc) is 3.51. The van der Waals surface area contributed by atoms with E-state index in [0.29, 0.717) is 24.5 Å². The van der Waals surface area contributed by atoms with Crippen molar-refractivity contribution >= 4 is 5.91 Å². The Morgan fingerprint density at radius 3 is 2.59 bits per heavy atom. The van der Waals surface area contributed by atoms with Crippen molar-refractivity contribution < 1.29 is 18.4 Å². The highest BCUT2D eigenvalue weighted by Crippen LogP contribution is 2.30. The molecule has 150 valence electrons. The number of aryl methyl sites for hydroxylation is 2. The average molecular weight is 394 g/mol. The van der Waals surface area contributed by atoms with Crippen LogP contribution in [0, 0.1) is 19.7 Å². The SMILES string of the molecule is Cc1noc(C)c1COc1ccc(C(=O)N(Cc2cccc(F)c2)C2CC2)cc1. The van der Waals surface area contributed by atoms with Gasteiger partial charge >= 0.3 is 0 Å². The lowest BCUT2D eigenvalue weighted by molar-refractivity contribution is 0.0729. The van der Waals surface area contributed by atoms with Crippen molar-refractivity contribution in [1.82, 2.24) is 10.1 Å². The van der Waals surface area contributed by atoms with Crippen LogP contribution >= 0.6 is 0 Å². The quantitative estimate of drug-likeness (QED) is 0.577. The van der Waals surface area contributed by atoms with E-state index in [4.69, 9.17) is 9.26 Å². The fourth-order valence-electron chi connectivity index (χ4n) is 3.31. The minimum absolute atomic E-state index is 0.0472. The fourth-order valence-corrected chi connectivity index (χ4v) is 3.31. The summed E-state index contributed by atoms with van der Waals surface area (Å²) in [4.78, 5) is 14.9. The van der Waals surface area contributed by atoms with Gasteiger partial charge in [0.1, 0.15) is 23.9 Å². The highest BCUT2D eigenvalue weighted by Gasteiger charge is 2.33. The summed E-state index contributed by atoms with van der Waals surface area (Å²) in [6, 6.07) is 13.8. The molecule has 0 aliphatic heterocycles. The molecule has 0 unspecified atom stereocenters. The van der Waals surface area contributed by atoms with Crippen molar-refractivity contribution in [3.8, 4) is 5.75 Å². The third-order valence-corrected chi connectivity index (χ3v) is 5.16. The second-order valence-electron chi connectivity index (χ2n) is 7.41. The van der Waals surface area contributed by atoms with Crippen molar-refractivity contribution in [1.29, 1.82) is 0 Å². The molecule has 6 heteroatoms. The summed E-state index contributed by atoms with van der Waals surface area (Å²) in [7, 11) is 0.